The molecule has 1 aromatic carbocycles. The van der Waals surface area contributed by atoms with Crippen molar-refractivity contribution in [2.45, 2.75) is 13.8 Å². The molecule has 0 saturated heterocycles. The number of anilines is 1. The molecule has 7 nitrogen and oxygen atoms in total. The summed E-state index contributed by atoms with van der Waals surface area (Å²) < 4.78 is 0. The first-order chi connectivity index (χ1) is 9.40. The summed E-state index contributed by atoms with van der Waals surface area (Å²) in [6.07, 6.45) is 0. The third kappa shape index (κ3) is 3.67. The van der Waals surface area contributed by atoms with Crippen molar-refractivity contribution >= 4 is 34.8 Å². The maximum Gasteiger partial charge on any atom is 0.313 e. The van der Waals surface area contributed by atoms with Gasteiger partial charge >= 0.3 is 11.8 Å². The number of amides is 2. The number of hydrogen-bond acceptors (Lipinski definition) is 4. The van der Waals surface area contributed by atoms with Crippen LogP contribution in [0.3, 0.4) is 0 Å². The van der Waals surface area contributed by atoms with Gasteiger partial charge in [0.05, 0.1) is 15.6 Å². The highest BCUT2D eigenvalue weighted by atomic mass is 35.5. The topological polar surface area (TPSA) is 92.6 Å². The van der Waals surface area contributed by atoms with Crippen LogP contribution in [0, 0.1) is 10.1 Å². The Labute approximate surface area is 120 Å². The van der Waals surface area contributed by atoms with Crippen molar-refractivity contribution < 1.29 is 14.5 Å². The number of nitrogens with one attached hydrogen (secondary N) is 1. The van der Waals surface area contributed by atoms with Crippen molar-refractivity contribution in [3.63, 3.8) is 0 Å². The van der Waals surface area contributed by atoms with Crippen molar-refractivity contribution in [2.24, 2.45) is 0 Å². The average molecular weight is 300 g/mol. The van der Waals surface area contributed by atoms with E-state index in [0.717, 1.165) is 6.07 Å². The van der Waals surface area contributed by atoms with Gasteiger partial charge in [0.15, 0.2) is 0 Å². The van der Waals surface area contributed by atoms with Crippen LogP contribution in [0.15, 0.2) is 18.2 Å². The van der Waals surface area contributed by atoms with Gasteiger partial charge in [-0.25, -0.2) is 0 Å². The fraction of sp³-hybridized carbons (Fsp3) is 0.333. The van der Waals surface area contributed by atoms with Crippen LogP contribution in [0.5, 0.6) is 0 Å². The lowest BCUT2D eigenvalue weighted by Crippen LogP contribution is -2.39. The van der Waals surface area contributed by atoms with Gasteiger partial charge in [0.2, 0.25) is 0 Å². The second kappa shape index (κ2) is 6.85. The van der Waals surface area contributed by atoms with E-state index in [1.807, 2.05) is 0 Å². The fourth-order valence-electron chi connectivity index (χ4n) is 1.55. The Kier molecular flexibility index (Phi) is 5.45. The van der Waals surface area contributed by atoms with Crippen molar-refractivity contribution in [3.8, 4) is 0 Å². The van der Waals surface area contributed by atoms with Gasteiger partial charge in [0.25, 0.3) is 5.69 Å². The standard InChI is InChI=1S/C12H14ClN3O4/c1-3-15(4-2)12(18)11(17)14-10-7-8(16(19)20)5-6-9(10)13/h5-7H,3-4H2,1-2H3,(H,14,17). The molecule has 0 aliphatic heterocycles. The number of nitro groups is 1. The maximum absolute atomic E-state index is 11.8. The number of carbonyl (C=O) groups is 2. The number of carbonyl (C=O) groups excluding carboxylic acids is 2. The van der Waals surface area contributed by atoms with Crippen LogP contribution >= 0.6 is 11.6 Å². The summed E-state index contributed by atoms with van der Waals surface area (Å²) in [6, 6.07) is 3.61. The lowest BCUT2D eigenvalue weighted by atomic mass is 10.2. The zero-order valence-corrected chi connectivity index (χ0v) is 11.8. The minimum absolute atomic E-state index is 0.0337. The van der Waals surface area contributed by atoms with E-state index in [1.54, 1.807) is 13.8 Å². The molecule has 0 aliphatic carbocycles. The fourth-order valence-corrected chi connectivity index (χ4v) is 1.72. The summed E-state index contributed by atoms with van der Waals surface area (Å²) >= 11 is 5.83. The third-order valence-corrected chi connectivity index (χ3v) is 2.98. The molecule has 20 heavy (non-hydrogen) atoms. The largest absolute Gasteiger partial charge is 0.335 e. The number of halogens is 1. The Morgan fingerprint density at radius 2 is 1.95 bits per heavy atom. The molecule has 108 valence electrons. The van der Waals surface area contributed by atoms with Crippen LogP contribution in [0.25, 0.3) is 0 Å². The second-order valence-electron chi connectivity index (χ2n) is 3.85. The van der Waals surface area contributed by atoms with E-state index in [9.17, 15) is 19.7 Å². The number of nitrogens with zero attached hydrogens (tertiary/aromatic N) is 2. The van der Waals surface area contributed by atoms with Gasteiger partial charge < -0.3 is 10.2 Å². The number of non-ortho nitro benzene ring substituents is 1. The molecule has 0 heterocycles. The Balaban J connectivity index is 2.93. The molecule has 0 radical (unpaired) electrons. The van der Waals surface area contributed by atoms with Crippen LogP contribution in [-0.4, -0.2) is 34.7 Å². The van der Waals surface area contributed by atoms with Crippen LogP contribution < -0.4 is 5.32 Å². The van der Waals surface area contributed by atoms with Crippen molar-refractivity contribution in [1.29, 1.82) is 0 Å². The van der Waals surface area contributed by atoms with Gasteiger partial charge in [0.1, 0.15) is 0 Å². The molecule has 0 fully saturated rings. The Bertz CT molecular complexity index is 544. The zero-order chi connectivity index (χ0) is 15.3. The maximum atomic E-state index is 11.8. The first-order valence-electron chi connectivity index (χ1n) is 5.94. The summed E-state index contributed by atoms with van der Waals surface area (Å²) in [5, 5.41) is 13.1. The van der Waals surface area contributed by atoms with Gasteiger partial charge in [-0.2, -0.15) is 0 Å². The van der Waals surface area contributed by atoms with Crippen LogP contribution in [-0.2, 0) is 9.59 Å². The van der Waals surface area contributed by atoms with Crippen molar-refractivity contribution in [3.05, 3.63) is 33.3 Å². The molecular formula is C12H14ClN3O4. The molecule has 1 rings (SSSR count). The van der Waals surface area contributed by atoms with E-state index < -0.39 is 16.7 Å². The molecule has 0 aliphatic rings. The SMILES string of the molecule is CCN(CC)C(=O)C(=O)Nc1cc([N+](=O)[O-])ccc1Cl. The molecule has 1 N–H and O–H groups in total. The normalized spacial score (nSPS) is 9.95. The van der Waals surface area contributed by atoms with Gasteiger partial charge in [-0.1, -0.05) is 11.6 Å². The predicted octanol–water partition coefficient (Wildman–Crippen LogP) is 2.06. The van der Waals surface area contributed by atoms with Crippen molar-refractivity contribution in [2.75, 3.05) is 18.4 Å². The van der Waals surface area contributed by atoms with E-state index in [-0.39, 0.29) is 16.4 Å². The number of nitro benzene ring substituents is 1. The molecule has 0 bridgehead atoms. The van der Waals surface area contributed by atoms with Crippen LogP contribution in [0.1, 0.15) is 13.8 Å². The molecule has 0 aromatic heterocycles. The molecule has 0 atom stereocenters. The van der Waals surface area contributed by atoms with Crippen LogP contribution in [0.2, 0.25) is 5.02 Å². The highest BCUT2D eigenvalue weighted by Crippen LogP contribution is 2.26. The summed E-state index contributed by atoms with van der Waals surface area (Å²) in [7, 11) is 0. The molecular weight excluding hydrogens is 286 g/mol. The molecule has 1 aromatic rings. The number of benzene rings is 1. The van der Waals surface area contributed by atoms with Crippen molar-refractivity contribution in [1.82, 2.24) is 4.90 Å². The Morgan fingerprint density at radius 1 is 1.35 bits per heavy atom. The van der Waals surface area contributed by atoms with E-state index in [4.69, 9.17) is 11.6 Å². The summed E-state index contributed by atoms with van der Waals surface area (Å²) in [5.41, 5.74) is -0.189. The monoisotopic (exact) mass is 299 g/mol. The van der Waals surface area contributed by atoms with E-state index in [1.165, 1.54) is 17.0 Å². The van der Waals surface area contributed by atoms with Gasteiger partial charge in [-0.3, -0.25) is 19.7 Å². The average Bonchev–Trinajstić information content (AvgIpc) is 2.42. The summed E-state index contributed by atoms with van der Waals surface area (Å²) in [5.74, 6) is -1.59. The van der Waals surface area contributed by atoms with Gasteiger partial charge in [0, 0.05) is 25.2 Å². The van der Waals surface area contributed by atoms with E-state index >= 15 is 0 Å². The number of hydrogen-bond donors (Lipinski definition) is 1. The summed E-state index contributed by atoms with van der Waals surface area (Å²) in [6.45, 7) is 4.28. The third-order valence-electron chi connectivity index (χ3n) is 2.65. The van der Waals surface area contributed by atoms with Gasteiger partial charge in [-0.15, -0.1) is 0 Å². The first-order valence-corrected chi connectivity index (χ1v) is 6.32. The summed E-state index contributed by atoms with van der Waals surface area (Å²) in [4.78, 5) is 34.9. The molecule has 0 spiro atoms. The smallest absolute Gasteiger partial charge is 0.313 e. The second-order valence-corrected chi connectivity index (χ2v) is 4.26. The number of rotatable bonds is 4. The molecule has 0 unspecified atom stereocenters. The molecule has 2 amide bonds. The highest BCUT2D eigenvalue weighted by molar-refractivity contribution is 6.41. The Morgan fingerprint density at radius 3 is 2.45 bits per heavy atom. The van der Waals surface area contributed by atoms with Crippen LogP contribution in [0.4, 0.5) is 11.4 Å². The van der Waals surface area contributed by atoms with E-state index in [2.05, 4.69) is 5.32 Å². The number of likely N-dealkylation sites (N-methyl/N-ethyl adjacent to an activating group) is 1. The minimum atomic E-state index is -0.879. The Hall–Kier alpha value is -2.15. The lowest BCUT2D eigenvalue weighted by Gasteiger charge is -2.17. The van der Waals surface area contributed by atoms with Gasteiger partial charge in [-0.05, 0) is 19.9 Å². The molecule has 0 saturated carbocycles. The zero-order valence-electron chi connectivity index (χ0n) is 11.1. The van der Waals surface area contributed by atoms with E-state index in [0.29, 0.717) is 13.1 Å². The lowest BCUT2D eigenvalue weighted by molar-refractivity contribution is -0.384. The first kappa shape index (κ1) is 15.9. The highest BCUT2D eigenvalue weighted by Gasteiger charge is 2.21. The minimum Gasteiger partial charge on any atom is -0.335 e. The predicted molar refractivity (Wildman–Crippen MR) is 74.7 cm³/mol. The molecule has 8 heteroatoms. The quantitative estimate of drug-likeness (QED) is 0.523.